The molecule has 1 fully saturated rings. The average molecular weight is 317 g/mol. The van der Waals surface area contributed by atoms with Crippen molar-refractivity contribution in [1.82, 2.24) is 0 Å². The van der Waals surface area contributed by atoms with Gasteiger partial charge in [-0.05, 0) is 30.9 Å². The van der Waals surface area contributed by atoms with Crippen molar-refractivity contribution in [3.63, 3.8) is 0 Å². The minimum atomic E-state index is -1.49. The third kappa shape index (κ3) is 2.69. The number of carboxylic acids is 1. The van der Waals surface area contributed by atoms with E-state index in [9.17, 15) is 14.7 Å². The summed E-state index contributed by atoms with van der Waals surface area (Å²) in [5.41, 5.74) is -1.49. The predicted octanol–water partition coefficient (Wildman–Crippen LogP) is 3.38. The van der Waals surface area contributed by atoms with Crippen molar-refractivity contribution < 1.29 is 19.4 Å². The number of halogens is 1. The van der Waals surface area contributed by atoms with Crippen LogP contribution in [0.4, 0.5) is 0 Å². The van der Waals surface area contributed by atoms with E-state index >= 15 is 0 Å². The van der Waals surface area contributed by atoms with Crippen LogP contribution in [0, 0.1) is 11.3 Å². The van der Waals surface area contributed by atoms with Crippen molar-refractivity contribution in [2.45, 2.75) is 32.1 Å². The third-order valence-corrected chi connectivity index (χ3v) is 5.30. The van der Waals surface area contributed by atoms with Gasteiger partial charge in [-0.15, -0.1) is 11.3 Å². The fraction of sp³-hybridized carbons (Fsp3) is 0.571. The minimum absolute atomic E-state index is 0.150. The first-order valence-electron chi connectivity index (χ1n) is 6.56. The van der Waals surface area contributed by atoms with E-state index < -0.39 is 17.4 Å². The molecule has 1 heterocycles. The van der Waals surface area contributed by atoms with Crippen LogP contribution >= 0.6 is 22.9 Å². The maximum absolute atomic E-state index is 12.2. The van der Waals surface area contributed by atoms with Gasteiger partial charge < -0.3 is 9.84 Å². The second-order valence-electron chi connectivity index (χ2n) is 5.13. The SMILES string of the molecule is COC(=O)C(Cc1ccc(Cl)s1)(C(=O)O)C1CCCC1. The first kappa shape index (κ1) is 15.3. The van der Waals surface area contributed by atoms with Gasteiger partial charge >= 0.3 is 11.9 Å². The summed E-state index contributed by atoms with van der Waals surface area (Å²) in [6, 6.07) is 3.50. The number of methoxy groups -OCH3 is 1. The molecule has 0 amide bonds. The van der Waals surface area contributed by atoms with Crippen LogP contribution in [0.3, 0.4) is 0 Å². The van der Waals surface area contributed by atoms with Crippen molar-refractivity contribution in [2.24, 2.45) is 11.3 Å². The molecule has 0 radical (unpaired) electrons. The molecule has 110 valence electrons. The van der Waals surface area contributed by atoms with Gasteiger partial charge in [0.15, 0.2) is 5.41 Å². The normalized spacial score (nSPS) is 18.7. The van der Waals surface area contributed by atoms with Crippen molar-refractivity contribution in [1.29, 1.82) is 0 Å². The van der Waals surface area contributed by atoms with Crippen LogP contribution in [-0.4, -0.2) is 24.2 Å². The Morgan fingerprint density at radius 3 is 2.55 bits per heavy atom. The van der Waals surface area contributed by atoms with Crippen molar-refractivity contribution in [3.05, 3.63) is 21.3 Å². The minimum Gasteiger partial charge on any atom is -0.480 e. The summed E-state index contributed by atoms with van der Waals surface area (Å²) >= 11 is 7.21. The lowest BCUT2D eigenvalue weighted by Gasteiger charge is -2.32. The monoisotopic (exact) mass is 316 g/mol. The molecule has 1 saturated carbocycles. The lowest BCUT2D eigenvalue weighted by Crippen LogP contribution is -2.47. The second-order valence-corrected chi connectivity index (χ2v) is 6.93. The standard InChI is InChI=1S/C14H17ClO4S/c1-19-13(18)14(12(16)17,9-4-2-3-5-9)8-10-6-7-11(15)20-10/h6-7,9H,2-5,8H2,1H3,(H,16,17). The molecule has 1 N–H and O–H groups in total. The molecule has 0 bridgehead atoms. The number of ether oxygens (including phenoxy) is 1. The predicted molar refractivity (Wildman–Crippen MR) is 77.1 cm³/mol. The Bertz CT molecular complexity index is 507. The van der Waals surface area contributed by atoms with E-state index in [0.717, 1.165) is 30.6 Å². The Balaban J connectivity index is 2.39. The largest absolute Gasteiger partial charge is 0.480 e. The third-order valence-electron chi connectivity index (χ3n) is 4.07. The number of hydrogen-bond donors (Lipinski definition) is 1. The molecule has 4 nitrogen and oxygen atoms in total. The summed E-state index contributed by atoms with van der Waals surface area (Å²) in [6.45, 7) is 0. The summed E-state index contributed by atoms with van der Waals surface area (Å²) in [4.78, 5) is 24.9. The van der Waals surface area contributed by atoms with Crippen molar-refractivity contribution in [2.75, 3.05) is 7.11 Å². The number of carbonyl (C=O) groups is 2. The summed E-state index contributed by atoms with van der Waals surface area (Å²) < 4.78 is 5.41. The van der Waals surface area contributed by atoms with E-state index in [-0.39, 0.29) is 12.3 Å². The fourth-order valence-corrected chi connectivity index (χ4v) is 4.23. The van der Waals surface area contributed by atoms with Crippen LogP contribution < -0.4 is 0 Å². The highest BCUT2D eigenvalue weighted by atomic mass is 35.5. The van der Waals surface area contributed by atoms with Gasteiger partial charge in [-0.2, -0.15) is 0 Å². The highest BCUT2D eigenvalue weighted by Gasteiger charge is 2.54. The Morgan fingerprint density at radius 1 is 1.45 bits per heavy atom. The van der Waals surface area contributed by atoms with E-state index in [1.54, 1.807) is 12.1 Å². The summed E-state index contributed by atoms with van der Waals surface area (Å²) in [7, 11) is 1.25. The molecule has 1 aromatic rings. The fourth-order valence-electron chi connectivity index (χ4n) is 3.04. The molecule has 1 aromatic heterocycles. The molecule has 1 atom stereocenters. The molecule has 1 aliphatic carbocycles. The van der Waals surface area contributed by atoms with Gasteiger partial charge in [-0.1, -0.05) is 24.4 Å². The van der Waals surface area contributed by atoms with E-state index in [0.29, 0.717) is 4.34 Å². The van der Waals surface area contributed by atoms with Crippen LogP contribution in [0.15, 0.2) is 12.1 Å². The molecule has 20 heavy (non-hydrogen) atoms. The Kier molecular flexibility index (Phi) is 4.70. The first-order valence-corrected chi connectivity index (χ1v) is 7.76. The number of hydrogen-bond acceptors (Lipinski definition) is 4. The molecule has 0 aromatic carbocycles. The number of carbonyl (C=O) groups excluding carboxylic acids is 1. The zero-order chi connectivity index (χ0) is 14.8. The lowest BCUT2D eigenvalue weighted by atomic mass is 9.71. The molecule has 2 rings (SSSR count). The number of esters is 1. The Morgan fingerprint density at radius 2 is 2.10 bits per heavy atom. The van der Waals surface area contributed by atoms with Crippen LogP contribution in [0.2, 0.25) is 4.34 Å². The second kappa shape index (κ2) is 6.14. The molecule has 6 heteroatoms. The van der Waals surface area contributed by atoms with Crippen molar-refractivity contribution in [3.8, 4) is 0 Å². The molecule has 0 saturated heterocycles. The van der Waals surface area contributed by atoms with Crippen LogP contribution in [0.25, 0.3) is 0 Å². The van der Waals surface area contributed by atoms with Gasteiger partial charge in [0.05, 0.1) is 11.4 Å². The molecular weight excluding hydrogens is 300 g/mol. The highest BCUT2D eigenvalue weighted by molar-refractivity contribution is 7.16. The summed E-state index contributed by atoms with van der Waals surface area (Å²) in [5.74, 6) is -1.92. The Hall–Kier alpha value is -1.07. The van der Waals surface area contributed by atoms with Crippen molar-refractivity contribution >= 4 is 34.9 Å². The Labute approximate surface area is 126 Å². The maximum atomic E-state index is 12.2. The van der Waals surface area contributed by atoms with Gasteiger partial charge in [0, 0.05) is 11.3 Å². The van der Waals surface area contributed by atoms with Crippen LogP contribution in [0.1, 0.15) is 30.6 Å². The van der Waals surface area contributed by atoms with E-state index in [4.69, 9.17) is 16.3 Å². The zero-order valence-corrected chi connectivity index (χ0v) is 12.8. The number of aliphatic carboxylic acids is 1. The topological polar surface area (TPSA) is 63.6 Å². The van der Waals surface area contributed by atoms with Gasteiger partial charge in [0.25, 0.3) is 0 Å². The van der Waals surface area contributed by atoms with Gasteiger partial charge in [-0.25, -0.2) is 0 Å². The summed E-state index contributed by atoms with van der Waals surface area (Å²) in [6.07, 6.45) is 3.57. The molecule has 0 spiro atoms. The summed E-state index contributed by atoms with van der Waals surface area (Å²) in [5, 5.41) is 9.72. The van der Waals surface area contributed by atoms with Gasteiger partial charge in [0.1, 0.15) is 0 Å². The zero-order valence-electron chi connectivity index (χ0n) is 11.2. The lowest BCUT2D eigenvalue weighted by molar-refractivity contribution is -0.171. The quantitative estimate of drug-likeness (QED) is 0.668. The average Bonchev–Trinajstić information content (AvgIpc) is 3.06. The van der Waals surface area contributed by atoms with E-state index in [1.807, 2.05) is 0 Å². The number of rotatable bonds is 5. The molecule has 1 aliphatic rings. The molecule has 1 unspecified atom stereocenters. The maximum Gasteiger partial charge on any atom is 0.323 e. The molecule has 0 aliphatic heterocycles. The number of carboxylic acid groups (broad SMARTS) is 1. The molecular formula is C14H17ClO4S. The van der Waals surface area contributed by atoms with Gasteiger partial charge in [0.2, 0.25) is 0 Å². The van der Waals surface area contributed by atoms with Crippen LogP contribution in [0.5, 0.6) is 0 Å². The highest BCUT2D eigenvalue weighted by Crippen LogP contribution is 2.44. The first-order chi connectivity index (χ1) is 9.50. The van der Waals surface area contributed by atoms with Crippen LogP contribution in [-0.2, 0) is 20.7 Å². The van der Waals surface area contributed by atoms with Gasteiger partial charge in [-0.3, -0.25) is 9.59 Å². The van der Waals surface area contributed by atoms with E-state index in [2.05, 4.69) is 0 Å². The smallest absolute Gasteiger partial charge is 0.323 e. The van der Waals surface area contributed by atoms with E-state index in [1.165, 1.54) is 18.4 Å². The number of thiophene rings is 1.